The van der Waals surface area contributed by atoms with Gasteiger partial charge in [-0.2, -0.15) is 0 Å². The molecule has 1 unspecified atom stereocenters. The molecule has 2 aliphatic heterocycles. The van der Waals surface area contributed by atoms with Gasteiger partial charge in [-0.05, 0) is 121 Å². The van der Waals surface area contributed by atoms with Crippen LogP contribution in [-0.2, 0) is 63.8 Å². The Kier molecular flexibility index (Phi) is 24.0. The van der Waals surface area contributed by atoms with E-state index < -0.39 is 114 Å². The number of esters is 2. The van der Waals surface area contributed by atoms with Crippen LogP contribution in [-0.4, -0.2) is 171 Å². The molecule has 21 nitrogen and oxygen atoms in total. The molecule has 0 aromatic heterocycles. The summed E-state index contributed by atoms with van der Waals surface area (Å²) in [5.41, 5.74) is -0.523. The zero-order valence-corrected chi connectivity index (χ0v) is 49.3. The maximum absolute atomic E-state index is 14.7. The van der Waals surface area contributed by atoms with Gasteiger partial charge in [-0.25, -0.2) is 9.59 Å². The number of nitrogens with zero attached hydrogens (tertiary/aromatic N) is 4. The molecule has 3 aromatic carbocycles. The van der Waals surface area contributed by atoms with Gasteiger partial charge in [0.2, 0.25) is 29.4 Å². The summed E-state index contributed by atoms with van der Waals surface area (Å²) in [7, 11) is 7.41. The number of likely N-dealkylation sites (N-methyl/N-ethyl adjacent to an activating group) is 3. The van der Waals surface area contributed by atoms with Crippen LogP contribution < -0.4 is 24.8 Å². The first-order valence-corrected chi connectivity index (χ1v) is 27.7. The van der Waals surface area contributed by atoms with Crippen molar-refractivity contribution in [2.45, 2.75) is 129 Å². The van der Waals surface area contributed by atoms with E-state index in [1.54, 1.807) is 88.5 Å². The molecule has 1 fully saturated rings. The van der Waals surface area contributed by atoms with Crippen LogP contribution in [0.15, 0.2) is 84.9 Å². The summed E-state index contributed by atoms with van der Waals surface area (Å²) in [5, 5.41) is 5.60. The number of amides is 6. The van der Waals surface area contributed by atoms with E-state index in [-0.39, 0.29) is 51.1 Å². The Hall–Kier alpha value is -7.81. The van der Waals surface area contributed by atoms with Gasteiger partial charge in [0.05, 0.1) is 38.4 Å². The number of benzene rings is 3. The highest BCUT2D eigenvalue weighted by Gasteiger charge is 2.43. The molecule has 2 aliphatic rings. The summed E-state index contributed by atoms with van der Waals surface area (Å²) < 4.78 is 34.8. The Morgan fingerprint density at radius 3 is 2.15 bits per heavy atom. The van der Waals surface area contributed by atoms with Crippen LogP contribution in [0.25, 0.3) is 0 Å². The maximum atomic E-state index is 14.7. The lowest BCUT2D eigenvalue weighted by Gasteiger charge is -2.36. The predicted molar refractivity (Wildman–Crippen MR) is 303 cm³/mol. The second kappa shape index (κ2) is 30.3. The van der Waals surface area contributed by atoms with E-state index in [1.165, 1.54) is 62.9 Å². The summed E-state index contributed by atoms with van der Waals surface area (Å²) in [6, 6.07) is 15.7. The number of rotatable bonds is 10. The summed E-state index contributed by atoms with van der Waals surface area (Å²) in [5.74, 6) is -5.15. The average molecular weight is 1140 g/mol. The first kappa shape index (κ1) is 65.0. The van der Waals surface area contributed by atoms with Crippen molar-refractivity contribution in [2.24, 2.45) is 5.41 Å². The van der Waals surface area contributed by atoms with E-state index in [4.69, 9.17) is 28.4 Å². The molecule has 0 radical (unpaired) electrons. The zero-order chi connectivity index (χ0) is 60.3. The van der Waals surface area contributed by atoms with Gasteiger partial charge in [0, 0.05) is 40.3 Å². The number of ketones is 1. The van der Waals surface area contributed by atoms with Crippen LogP contribution >= 0.6 is 0 Å². The van der Waals surface area contributed by atoms with Crippen molar-refractivity contribution in [3.63, 3.8) is 0 Å². The molecule has 0 saturated carbocycles. The van der Waals surface area contributed by atoms with Crippen molar-refractivity contribution in [3.05, 3.63) is 102 Å². The number of ether oxygens (including phenoxy) is 6. The molecule has 6 amide bonds. The number of hydrogen-bond donors (Lipinski definition) is 2. The number of nitrogens with one attached hydrogen (secondary N) is 2. The van der Waals surface area contributed by atoms with Crippen LogP contribution in [0.4, 0.5) is 0 Å². The van der Waals surface area contributed by atoms with Gasteiger partial charge in [0.1, 0.15) is 42.6 Å². The molecule has 0 spiro atoms. The summed E-state index contributed by atoms with van der Waals surface area (Å²) in [6.45, 7) is 8.65. The molecule has 2 N–H and O–H groups in total. The molecule has 5 rings (SSSR count). The SMILES string of the molecule is CCC[C@@H]1NC(=O)[C@H](COC(C)(C)C)N(C)C(=O)C(c2ccccc2)NC(=O)CN(C)C(=O)COc2cccc(c2)[C@@H](CCc2ccc(OC)c(OC)c2)OC(=O)[C@@H]2CCCCN2C(=O)C(=O)C(C)(C)COC(=O)/C=C\CCN(C)C1=O. The van der Waals surface area contributed by atoms with Crippen molar-refractivity contribution < 1.29 is 71.6 Å². The average Bonchev–Trinajstić information content (AvgIpc) is 3.49. The standard InChI is InChI=1S/C61H82N6O15/c1-12-21-44-56(73)64(7)32-18-17-27-52(70)80-39-61(5,6)54(71)58(75)67-33-19-16-26-45(67)59(76)82-47(30-28-40-29-31-48(77-10)49(34-40)78-11)42-24-20-25-43(35-42)79-38-51(69)65(8)36-50(68)63-53(41-22-14-13-15-23-41)57(74)66(9)46(55(72)62-44)37-81-60(2,3)4/h13-15,17,20,22-25,27,29,31,34-35,44-47,53H,12,16,18-19,21,26,28,30,32-33,36-39H2,1-11H3,(H,62,72)(H,63,68)/b27-17-/t44-,45-,46-,47+,53?/m0/s1. The van der Waals surface area contributed by atoms with Crippen LogP contribution in [0.1, 0.15) is 115 Å². The fourth-order valence-electron chi connectivity index (χ4n) is 9.24. The number of Topliss-reactive ketones (excluding diaryl/α,β-unsaturated/α-hetero) is 1. The quantitative estimate of drug-likeness (QED) is 0.189. The van der Waals surface area contributed by atoms with Crippen LogP contribution in [0.2, 0.25) is 0 Å². The number of fused-ring (bicyclic) bond motifs is 3. The Morgan fingerprint density at radius 1 is 0.756 bits per heavy atom. The molecule has 5 atom stereocenters. The summed E-state index contributed by atoms with van der Waals surface area (Å²) in [4.78, 5) is 131. The Labute approximate surface area is 481 Å². The highest BCUT2D eigenvalue weighted by atomic mass is 16.5. The molecule has 1 saturated heterocycles. The minimum Gasteiger partial charge on any atom is -0.493 e. The number of methoxy groups -OCH3 is 2. The number of carbonyl (C=O) groups is 9. The van der Waals surface area contributed by atoms with Gasteiger partial charge in [0.15, 0.2) is 18.1 Å². The highest BCUT2D eigenvalue weighted by Crippen LogP contribution is 2.33. The Bertz CT molecular complexity index is 2760. The summed E-state index contributed by atoms with van der Waals surface area (Å²) in [6.07, 6.45) is 4.62. The van der Waals surface area contributed by atoms with E-state index in [2.05, 4.69) is 10.6 Å². The molecule has 0 aliphatic carbocycles. The van der Waals surface area contributed by atoms with Gasteiger partial charge < -0.3 is 58.7 Å². The van der Waals surface area contributed by atoms with Gasteiger partial charge >= 0.3 is 11.9 Å². The minimum absolute atomic E-state index is 0.102. The monoisotopic (exact) mass is 1140 g/mol. The fraction of sp³-hybridized carbons (Fsp3) is 0.525. The lowest BCUT2D eigenvalue weighted by molar-refractivity contribution is -0.165. The lowest BCUT2D eigenvalue weighted by atomic mass is 9.87. The molecule has 2 heterocycles. The predicted octanol–water partition coefficient (Wildman–Crippen LogP) is 5.48. The fourth-order valence-corrected chi connectivity index (χ4v) is 9.24. The maximum Gasteiger partial charge on any atom is 0.330 e. The second-order valence-electron chi connectivity index (χ2n) is 22.2. The molecule has 2 bridgehead atoms. The highest BCUT2D eigenvalue weighted by molar-refractivity contribution is 6.38. The van der Waals surface area contributed by atoms with E-state index in [0.29, 0.717) is 48.3 Å². The molecular formula is C61H82N6O15. The Morgan fingerprint density at radius 2 is 1.46 bits per heavy atom. The van der Waals surface area contributed by atoms with Crippen molar-refractivity contribution >= 4 is 53.2 Å². The number of aryl methyl sites for hydroxylation is 1. The van der Waals surface area contributed by atoms with E-state index in [0.717, 1.165) is 16.5 Å². The Balaban J connectivity index is 1.48. The minimum atomic E-state index is -1.50. The number of carbonyl (C=O) groups excluding carboxylic acids is 9. The number of piperidine rings is 1. The van der Waals surface area contributed by atoms with Crippen LogP contribution in [0, 0.1) is 5.41 Å². The van der Waals surface area contributed by atoms with Gasteiger partial charge in [-0.3, -0.25) is 33.6 Å². The van der Waals surface area contributed by atoms with E-state index in [1.807, 2.05) is 19.1 Å². The molecule has 3 aromatic rings. The van der Waals surface area contributed by atoms with Gasteiger partial charge in [0.25, 0.3) is 11.8 Å². The molecule has 82 heavy (non-hydrogen) atoms. The van der Waals surface area contributed by atoms with Crippen molar-refractivity contribution in [3.8, 4) is 17.2 Å². The molecule has 446 valence electrons. The van der Waals surface area contributed by atoms with Crippen molar-refractivity contribution in [1.82, 2.24) is 30.2 Å². The lowest BCUT2D eigenvalue weighted by Crippen LogP contribution is -2.57. The molecular weight excluding hydrogens is 1060 g/mol. The number of cyclic esters (lactones) is 2. The third kappa shape index (κ3) is 18.6. The van der Waals surface area contributed by atoms with Crippen molar-refractivity contribution in [1.29, 1.82) is 0 Å². The second-order valence-corrected chi connectivity index (χ2v) is 22.2. The van der Waals surface area contributed by atoms with Crippen LogP contribution in [0.5, 0.6) is 17.2 Å². The van der Waals surface area contributed by atoms with Crippen molar-refractivity contribution in [2.75, 3.05) is 74.8 Å². The van der Waals surface area contributed by atoms with Gasteiger partial charge in [-0.1, -0.05) is 68.0 Å². The summed E-state index contributed by atoms with van der Waals surface area (Å²) >= 11 is 0. The van der Waals surface area contributed by atoms with E-state index in [9.17, 15) is 43.2 Å². The largest absolute Gasteiger partial charge is 0.493 e. The first-order chi connectivity index (χ1) is 38.9. The number of hydrogen-bond acceptors (Lipinski definition) is 15. The third-order valence-corrected chi connectivity index (χ3v) is 14.2. The third-order valence-electron chi connectivity index (χ3n) is 14.2. The zero-order valence-electron chi connectivity index (χ0n) is 49.3. The van der Waals surface area contributed by atoms with E-state index >= 15 is 0 Å². The topological polar surface area (TPSA) is 246 Å². The van der Waals surface area contributed by atoms with Crippen LogP contribution in [0.3, 0.4) is 0 Å². The van der Waals surface area contributed by atoms with Gasteiger partial charge in [-0.15, -0.1) is 0 Å². The smallest absolute Gasteiger partial charge is 0.330 e. The normalized spacial score (nSPS) is 22.6. The molecule has 21 heteroatoms. The first-order valence-electron chi connectivity index (χ1n) is 27.7.